The third kappa shape index (κ3) is 3.43. The maximum Gasteiger partial charge on any atom is 0.229 e. The van der Waals surface area contributed by atoms with Crippen LogP contribution in [0.25, 0.3) is 0 Å². The highest BCUT2D eigenvalue weighted by atomic mass is 32.1. The molecule has 0 fully saturated rings. The van der Waals surface area contributed by atoms with Crippen molar-refractivity contribution in [1.29, 1.82) is 0 Å². The lowest BCUT2D eigenvalue weighted by molar-refractivity contribution is -0.115. The molecule has 1 amide bonds. The van der Waals surface area contributed by atoms with Crippen molar-refractivity contribution in [3.8, 4) is 5.75 Å². The number of rotatable bonds is 4. The van der Waals surface area contributed by atoms with E-state index in [9.17, 15) is 9.18 Å². The van der Waals surface area contributed by atoms with Gasteiger partial charge in [0.25, 0.3) is 0 Å². The quantitative estimate of drug-likeness (QED) is 0.850. The number of benzene rings is 1. The predicted molar refractivity (Wildman–Crippen MR) is 79.5 cm³/mol. The van der Waals surface area contributed by atoms with Crippen molar-refractivity contribution in [2.45, 2.75) is 13.3 Å². The van der Waals surface area contributed by atoms with Gasteiger partial charge in [0.1, 0.15) is 0 Å². The largest absolute Gasteiger partial charge is 0.494 e. The highest BCUT2D eigenvalue weighted by molar-refractivity contribution is 7.73. The fourth-order valence-electron chi connectivity index (χ4n) is 1.69. The second-order valence-electron chi connectivity index (χ2n) is 4.14. The highest BCUT2D eigenvalue weighted by Crippen LogP contribution is 2.22. The number of nitrogens with one attached hydrogen (secondary N) is 2. The van der Waals surface area contributed by atoms with Gasteiger partial charge in [0, 0.05) is 22.3 Å². The molecule has 2 N–H and O–H groups in total. The van der Waals surface area contributed by atoms with Crippen molar-refractivity contribution in [2.24, 2.45) is 0 Å². The first-order valence-electron chi connectivity index (χ1n) is 5.81. The number of aryl methyl sites for hydroxylation is 1. The molecular formula is C13H13FN2O2S2. The molecule has 0 atom stereocenters. The standard InChI is InChI=1S/C13H13FN2O2S2/c1-7-11(20-13(19)15-7)6-12(17)16-8-3-4-9(14)10(5-8)18-2/h3-5H,6H2,1-2H3,(H,15,19)(H,16,17). The van der Waals surface area contributed by atoms with Gasteiger partial charge in [0.15, 0.2) is 15.5 Å². The zero-order valence-electron chi connectivity index (χ0n) is 11.0. The number of carbonyl (C=O) groups is 1. The number of aromatic nitrogens is 1. The van der Waals surface area contributed by atoms with Crippen LogP contribution in [0, 0.1) is 16.7 Å². The summed E-state index contributed by atoms with van der Waals surface area (Å²) in [5.41, 5.74) is 1.39. The Labute approximate surface area is 124 Å². The highest BCUT2D eigenvalue weighted by Gasteiger charge is 2.10. The summed E-state index contributed by atoms with van der Waals surface area (Å²) in [4.78, 5) is 15.8. The van der Waals surface area contributed by atoms with Crippen molar-refractivity contribution >= 4 is 35.1 Å². The Morgan fingerprint density at radius 3 is 2.90 bits per heavy atom. The maximum atomic E-state index is 13.3. The van der Waals surface area contributed by atoms with Crippen LogP contribution in [0.1, 0.15) is 10.6 Å². The van der Waals surface area contributed by atoms with Gasteiger partial charge in [0.05, 0.1) is 13.5 Å². The van der Waals surface area contributed by atoms with Gasteiger partial charge in [-0.25, -0.2) is 4.39 Å². The van der Waals surface area contributed by atoms with Gasteiger partial charge in [-0.2, -0.15) is 0 Å². The molecule has 106 valence electrons. The summed E-state index contributed by atoms with van der Waals surface area (Å²) in [6, 6.07) is 4.18. The Morgan fingerprint density at radius 2 is 2.30 bits per heavy atom. The Kier molecular flexibility index (Phi) is 4.51. The van der Waals surface area contributed by atoms with Gasteiger partial charge < -0.3 is 15.0 Å². The molecule has 0 radical (unpaired) electrons. The zero-order valence-corrected chi connectivity index (χ0v) is 12.6. The lowest BCUT2D eigenvalue weighted by Gasteiger charge is -2.07. The molecule has 0 aliphatic rings. The van der Waals surface area contributed by atoms with E-state index in [-0.39, 0.29) is 18.1 Å². The number of hydrogen-bond acceptors (Lipinski definition) is 4. The molecule has 0 unspecified atom stereocenters. The third-order valence-corrected chi connectivity index (χ3v) is 4.02. The van der Waals surface area contributed by atoms with Crippen LogP contribution < -0.4 is 10.1 Å². The van der Waals surface area contributed by atoms with Crippen molar-refractivity contribution in [2.75, 3.05) is 12.4 Å². The summed E-state index contributed by atoms with van der Waals surface area (Å²) < 4.78 is 18.8. The molecule has 1 heterocycles. The minimum atomic E-state index is -0.468. The molecule has 0 saturated carbocycles. The van der Waals surface area contributed by atoms with Crippen LogP contribution in [0.4, 0.5) is 10.1 Å². The van der Waals surface area contributed by atoms with E-state index in [0.29, 0.717) is 9.64 Å². The maximum absolute atomic E-state index is 13.3. The van der Waals surface area contributed by atoms with Crippen LogP contribution in [0.15, 0.2) is 18.2 Å². The molecule has 2 aromatic rings. The second-order valence-corrected chi connectivity index (χ2v) is 5.91. The Balaban J connectivity index is 2.08. The Bertz CT molecular complexity index is 694. The molecule has 0 aliphatic heterocycles. The van der Waals surface area contributed by atoms with E-state index in [2.05, 4.69) is 10.3 Å². The number of carbonyl (C=O) groups excluding carboxylic acids is 1. The number of H-pyrrole nitrogens is 1. The van der Waals surface area contributed by atoms with E-state index in [1.165, 1.54) is 36.6 Å². The fourth-order valence-corrected chi connectivity index (χ4v) is 2.98. The number of thiazole rings is 1. The van der Waals surface area contributed by atoms with Crippen LogP contribution >= 0.6 is 23.6 Å². The average molecular weight is 312 g/mol. The van der Waals surface area contributed by atoms with Crippen molar-refractivity contribution in [3.05, 3.63) is 38.5 Å². The van der Waals surface area contributed by atoms with E-state index in [0.717, 1.165) is 10.6 Å². The van der Waals surface area contributed by atoms with E-state index in [4.69, 9.17) is 17.0 Å². The first kappa shape index (κ1) is 14.7. The molecule has 4 nitrogen and oxygen atoms in total. The molecule has 1 aromatic carbocycles. The number of anilines is 1. The van der Waals surface area contributed by atoms with Gasteiger partial charge in [0.2, 0.25) is 5.91 Å². The Hall–Kier alpha value is -1.73. The van der Waals surface area contributed by atoms with Crippen molar-refractivity contribution in [1.82, 2.24) is 4.98 Å². The van der Waals surface area contributed by atoms with Crippen LogP contribution in [0.3, 0.4) is 0 Å². The Morgan fingerprint density at radius 1 is 1.55 bits per heavy atom. The van der Waals surface area contributed by atoms with Crippen LogP contribution in [0.5, 0.6) is 5.75 Å². The van der Waals surface area contributed by atoms with Gasteiger partial charge in [-0.3, -0.25) is 4.79 Å². The molecule has 0 aliphatic carbocycles. The van der Waals surface area contributed by atoms with Gasteiger partial charge in [-0.15, -0.1) is 11.3 Å². The predicted octanol–water partition coefficient (Wildman–Crippen LogP) is 3.44. The SMILES string of the molecule is COc1cc(NC(=O)Cc2sc(=S)[nH]c2C)ccc1F. The molecule has 0 bridgehead atoms. The zero-order chi connectivity index (χ0) is 14.7. The van der Waals surface area contributed by atoms with Crippen LogP contribution in [0.2, 0.25) is 0 Å². The van der Waals surface area contributed by atoms with Gasteiger partial charge >= 0.3 is 0 Å². The van der Waals surface area contributed by atoms with E-state index >= 15 is 0 Å². The summed E-state index contributed by atoms with van der Waals surface area (Å²) >= 11 is 6.40. The summed E-state index contributed by atoms with van der Waals surface area (Å²) in [6.07, 6.45) is 0.226. The molecule has 0 spiro atoms. The molecule has 1 aromatic heterocycles. The van der Waals surface area contributed by atoms with Crippen LogP contribution in [-0.4, -0.2) is 18.0 Å². The van der Waals surface area contributed by atoms with Crippen LogP contribution in [-0.2, 0) is 11.2 Å². The molecule has 0 saturated heterocycles. The first-order chi connectivity index (χ1) is 9.49. The lowest BCUT2D eigenvalue weighted by atomic mass is 10.2. The number of aromatic amines is 1. The van der Waals surface area contributed by atoms with Crippen molar-refractivity contribution < 1.29 is 13.9 Å². The number of amides is 1. The van der Waals surface area contributed by atoms with E-state index in [1.807, 2.05) is 6.92 Å². The lowest BCUT2D eigenvalue weighted by Crippen LogP contribution is -2.14. The monoisotopic (exact) mass is 312 g/mol. The van der Waals surface area contributed by atoms with Gasteiger partial charge in [-0.1, -0.05) is 0 Å². The summed E-state index contributed by atoms with van der Waals surface area (Å²) in [5, 5.41) is 2.70. The normalized spacial score (nSPS) is 10.3. The first-order valence-corrected chi connectivity index (χ1v) is 7.04. The minimum Gasteiger partial charge on any atom is -0.494 e. The molecule has 2 rings (SSSR count). The number of hydrogen-bond donors (Lipinski definition) is 2. The fraction of sp³-hybridized carbons (Fsp3) is 0.231. The minimum absolute atomic E-state index is 0.0938. The number of methoxy groups -OCH3 is 1. The second kappa shape index (κ2) is 6.15. The van der Waals surface area contributed by atoms with Crippen molar-refractivity contribution in [3.63, 3.8) is 0 Å². The number of halogens is 1. The molecular weight excluding hydrogens is 299 g/mol. The smallest absolute Gasteiger partial charge is 0.229 e. The summed E-state index contributed by atoms with van der Waals surface area (Å²) in [6.45, 7) is 1.87. The molecule has 20 heavy (non-hydrogen) atoms. The summed E-state index contributed by atoms with van der Waals surface area (Å²) in [7, 11) is 1.37. The molecule has 7 heteroatoms. The third-order valence-electron chi connectivity index (χ3n) is 2.68. The van der Waals surface area contributed by atoms with E-state index in [1.54, 1.807) is 0 Å². The van der Waals surface area contributed by atoms with Gasteiger partial charge in [-0.05, 0) is 31.3 Å². The number of ether oxygens (including phenoxy) is 1. The topological polar surface area (TPSA) is 54.1 Å². The average Bonchev–Trinajstić information content (AvgIpc) is 2.70. The summed E-state index contributed by atoms with van der Waals surface area (Å²) in [5.74, 6) is -0.562. The van der Waals surface area contributed by atoms with E-state index < -0.39 is 5.82 Å².